The maximum Gasteiger partial charge on any atom is 0.0299 e. The molecule has 0 radical (unpaired) electrons. The molecule has 0 aromatic carbocycles. The highest BCUT2D eigenvalue weighted by Gasteiger charge is 2.06. The van der Waals surface area contributed by atoms with Gasteiger partial charge in [-0.25, -0.2) is 0 Å². The van der Waals surface area contributed by atoms with Crippen molar-refractivity contribution in [3.63, 3.8) is 0 Å². The van der Waals surface area contributed by atoms with Crippen LogP contribution in [0.5, 0.6) is 0 Å². The molecule has 1 unspecified atom stereocenters. The molecule has 0 aliphatic heterocycles. The van der Waals surface area contributed by atoms with E-state index in [0.29, 0.717) is 12.0 Å². The Balaban J connectivity index is 2.12. The standard InChI is InChI=1S/C12H22N2S/c1-9(2)12(13)6-7-14-8-11-5-4-10(3)15-11/h4-5,9,12,14H,6-8,13H2,1-3H3. The molecule has 0 aliphatic carbocycles. The van der Waals surface area contributed by atoms with Crippen molar-refractivity contribution in [3.8, 4) is 0 Å². The van der Waals surface area contributed by atoms with E-state index in [2.05, 4.69) is 38.2 Å². The Hall–Kier alpha value is -0.380. The molecule has 0 amide bonds. The number of thiophene rings is 1. The van der Waals surface area contributed by atoms with E-state index in [4.69, 9.17) is 5.73 Å². The van der Waals surface area contributed by atoms with Crippen LogP contribution in [0.2, 0.25) is 0 Å². The van der Waals surface area contributed by atoms with Gasteiger partial charge in [-0.3, -0.25) is 0 Å². The molecule has 0 fully saturated rings. The first-order valence-electron chi connectivity index (χ1n) is 5.61. The van der Waals surface area contributed by atoms with E-state index in [9.17, 15) is 0 Å². The molecule has 0 saturated carbocycles. The fraction of sp³-hybridized carbons (Fsp3) is 0.667. The number of nitrogens with two attached hydrogens (primary N) is 1. The lowest BCUT2D eigenvalue weighted by Crippen LogP contribution is -2.30. The smallest absolute Gasteiger partial charge is 0.0299 e. The van der Waals surface area contributed by atoms with Crippen LogP contribution in [-0.2, 0) is 6.54 Å². The van der Waals surface area contributed by atoms with Crippen molar-refractivity contribution in [2.75, 3.05) is 6.54 Å². The second-order valence-electron chi connectivity index (χ2n) is 4.39. The molecule has 1 heterocycles. The van der Waals surface area contributed by atoms with Gasteiger partial charge in [0.05, 0.1) is 0 Å². The number of nitrogens with one attached hydrogen (secondary N) is 1. The summed E-state index contributed by atoms with van der Waals surface area (Å²) in [6.45, 7) is 8.48. The van der Waals surface area contributed by atoms with Crippen LogP contribution in [0, 0.1) is 12.8 Å². The average molecular weight is 226 g/mol. The quantitative estimate of drug-likeness (QED) is 0.732. The minimum absolute atomic E-state index is 0.322. The summed E-state index contributed by atoms with van der Waals surface area (Å²) in [6, 6.07) is 4.68. The SMILES string of the molecule is Cc1ccc(CNCCC(N)C(C)C)s1. The highest BCUT2D eigenvalue weighted by Crippen LogP contribution is 2.14. The first-order valence-corrected chi connectivity index (χ1v) is 6.43. The highest BCUT2D eigenvalue weighted by molar-refractivity contribution is 7.11. The zero-order valence-corrected chi connectivity index (χ0v) is 10.7. The van der Waals surface area contributed by atoms with Crippen LogP contribution in [0.4, 0.5) is 0 Å². The summed E-state index contributed by atoms with van der Waals surface area (Å²) < 4.78 is 0. The lowest BCUT2D eigenvalue weighted by atomic mass is 10.0. The lowest BCUT2D eigenvalue weighted by molar-refractivity contribution is 0.450. The van der Waals surface area contributed by atoms with E-state index < -0.39 is 0 Å². The molecule has 1 atom stereocenters. The maximum atomic E-state index is 5.96. The number of aryl methyl sites for hydroxylation is 1. The summed E-state index contributed by atoms with van der Waals surface area (Å²) in [5, 5.41) is 3.43. The van der Waals surface area contributed by atoms with E-state index in [1.165, 1.54) is 9.75 Å². The highest BCUT2D eigenvalue weighted by atomic mass is 32.1. The van der Waals surface area contributed by atoms with Gasteiger partial charge in [0.25, 0.3) is 0 Å². The monoisotopic (exact) mass is 226 g/mol. The average Bonchev–Trinajstić information content (AvgIpc) is 2.58. The molecule has 0 saturated heterocycles. The largest absolute Gasteiger partial charge is 0.327 e. The van der Waals surface area contributed by atoms with Gasteiger partial charge in [-0.1, -0.05) is 13.8 Å². The molecule has 3 heteroatoms. The van der Waals surface area contributed by atoms with Crippen molar-refractivity contribution in [1.82, 2.24) is 5.32 Å². The molecular formula is C12H22N2S. The van der Waals surface area contributed by atoms with Gasteiger partial charge >= 0.3 is 0 Å². The predicted octanol–water partition coefficient (Wildman–Crippen LogP) is 2.52. The van der Waals surface area contributed by atoms with Crippen LogP contribution < -0.4 is 11.1 Å². The zero-order valence-electron chi connectivity index (χ0n) is 9.92. The van der Waals surface area contributed by atoms with Gasteiger partial charge in [-0.2, -0.15) is 0 Å². The molecule has 1 aromatic heterocycles. The molecular weight excluding hydrogens is 204 g/mol. The Kier molecular flexibility index (Phi) is 5.29. The van der Waals surface area contributed by atoms with Crippen LogP contribution in [0.15, 0.2) is 12.1 Å². The summed E-state index contributed by atoms with van der Waals surface area (Å²) in [5.74, 6) is 0.579. The number of hydrogen-bond acceptors (Lipinski definition) is 3. The van der Waals surface area contributed by atoms with E-state index in [-0.39, 0.29) is 0 Å². The van der Waals surface area contributed by atoms with E-state index >= 15 is 0 Å². The van der Waals surface area contributed by atoms with Crippen LogP contribution in [0.1, 0.15) is 30.0 Å². The Morgan fingerprint density at radius 2 is 2.13 bits per heavy atom. The summed E-state index contributed by atoms with van der Waals surface area (Å²) >= 11 is 1.86. The second kappa shape index (κ2) is 6.26. The normalized spacial score (nSPS) is 13.4. The van der Waals surface area contributed by atoms with E-state index in [1.807, 2.05) is 11.3 Å². The van der Waals surface area contributed by atoms with Gasteiger partial charge in [0.15, 0.2) is 0 Å². The van der Waals surface area contributed by atoms with E-state index in [0.717, 1.165) is 19.5 Å². The van der Waals surface area contributed by atoms with E-state index in [1.54, 1.807) is 0 Å². The van der Waals surface area contributed by atoms with Crippen LogP contribution >= 0.6 is 11.3 Å². The van der Waals surface area contributed by atoms with Crippen LogP contribution in [-0.4, -0.2) is 12.6 Å². The summed E-state index contributed by atoms with van der Waals surface area (Å²) in [6.07, 6.45) is 1.06. The van der Waals surface area contributed by atoms with Gasteiger partial charge in [0, 0.05) is 22.3 Å². The molecule has 0 aliphatic rings. The fourth-order valence-corrected chi connectivity index (χ4v) is 2.25. The van der Waals surface area contributed by atoms with Crippen molar-refractivity contribution < 1.29 is 0 Å². The fourth-order valence-electron chi connectivity index (χ4n) is 1.39. The molecule has 3 N–H and O–H groups in total. The Morgan fingerprint density at radius 1 is 1.40 bits per heavy atom. The molecule has 15 heavy (non-hydrogen) atoms. The Labute approximate surface area is 96.9 Å². The van der Waals surface area contributed by atoms with Crippen molar-refractivity contribution in [1.29, 1.82) is 0 Å². The van der Waals surface area contributed by atoms with Crippen molar-refractivity contribution >= 4 is 11.3 Å². The summed E-state index contributed by atoms with van der Waals surface area (Å²) in [4.78, 5) is 2.79. The molecule has 0 spiro atoms. The summed E-state index contributed by atoms with van der Waals surface area (Å²) in [7, 11) is 0. The third kappa shape index (κ3) is 4.78. The van der Waals surface area contributed by atoms with Gasteiger partial charge in [0.2, 0.25) is 0 Å². The predicted molar refractivity (Wildman–Crippen MR) is 68.2 cm³/mol. The third-order valence-corrected chi connectivity index (χ3v) is 3.61. The lowest BCUT2D eigenvalue weighted by Gasteiger charge is -2.15. The van der Waals surface area contributed by atoms with Crippen molar-refractivity contribution in [2.24, 2.45) is 11.7 Å². The first-order chi connectivity index (χ1) is 7.09. The summed E-state index contributed by atoms with van der Waals surface area (Å²) in [5.41, 5.74) is 5.96. The molecule has 1 aromatic rings. The molecule has 1 rings (SSSR count). The van der Waals surface area contributed by atoms with Crippen LogP contribution in [0.25, 0.3) is 0 Å². The van der Waals surface area contributed by atoms with Gasteiger partial charge in [0.1, 0.15) is 0 Å². The minimum atomic E-state index is 0.322. The topological polar surface area (TPSA) is 38.0 Å². The van der Waals surface area contributed by atoms with Crippen LogP contribution in [0.3, 0.4) is 0 Å². The van der Waals surface area contributed by atoms with Gasteiger partial charge < -0.3 is 11.1 Å². The Morgan fingerprint density at radius 3 is 2.67 bits per heavy atom. The maximum absolute atomic E-state index is 5.96. The molecule has 2 nitrogen and oxygen atoms in total. The van der Waals surface area contributed by atoms with Gasteiger partial charge in [-0.15, -0.1) is 11.3 Å². The second-order valence-corrected chi connectivity index (χ2v) is 5.76. The molecule has 0 bridgehead atoms. The molecule has 86 valence electrons. The minimum Gasteiger partial charge on any atom is -0.327 e. The first kappa shape index (κ1) is 12.7. The third-order valence-electron chi connectivity index (χ3n) is 2.61. The van der Waals surface area contributed by atoms with Gasteiger partial charge in [-0.05, 0) is 37.9 Å². The Bertz CT molecular complexity index is 281. The number of hydrogen-bond donors (Lipinski definition) is 2. The number of rotatable bonds is 6. The van der Waals surface area contributed by atoms with Crippen molar-refractivity contribution in [2.45, 2.75) is 39.8 Å². The zero-order chi connectivity index (χ0) is 11.3. The van der Waals surface area contributed by atoms with Crippen molar-refractivity contribution in [3.05, 3.63) is 21.9 Å².